The first-order valence-corrected chi connectivity index (χ1v) is 7.11. The zero-order valence-corrected chi connectivity index (χ0v) is 10.1. The van der Waals surface area contributed by atoms with E-state index in [1.165, 1.54) is 30.6 Å². The van der Waals surface area contributed by atoms with Crippen LogP contribution in [0.3, 0.4) is 0 Å². The molecule has 1 unspecified atom stereocenters. The fourth-order valence-corrected chi connectivity index (χ4v) is 2.74. The number of hydrogen-bond acceptors (Lipinski definition) is 2. The molecular weight excluding hydrogens is 202 g/mol. The molecule has 0 spiro atoms. The lowest BCUT2D eigenvalue weighted by atomic mass is 9.92. The third kappa shape index (κ3) is 2.76. The SMILES string of the molecule is CSCCCC1NCCc2ccccc21. The highest BCUT2D eigenvalue weighted by atomic mass is 32.2. The summed E-state index contributed by atoms with van der Waals surface area (Å²) in [6.45, 7) is 1.14. The van der Waals surface area contributed by atoms with Crippen LogP contribution in [-0.2, 0) is 6.42 Å². The van der Waals surface area contributed by atoms with E-state index in [1.807, 2.05) is 11.8 Å². The lowest BCUT2D eigenvalue weighted by Crippen LogP contribution is -2.29. The van der Waals surface area contributed by atoms with Crippen molar-refractivity contribution in [1.82, 2.24) is 5.32 Å². The molecule has 1 heterocycles. The van der Waals surface area contributed by atoms with Crippen LogP contribution in [0.1, 0.15) is 30.0 Å². The van der Waals surface area contributed by atoms with E-state index in [0.29, 0.717) is 6.04 Å². The summed E-state index contributed by atoms with van der Waals surface area (Å²) in [5, 5.41) is 3.62. The van der Waals surface area contributed by atoms with Crippen LogP contribution in [-0.4, -0.2) is 18.6 Å². The van der Waals surface area contributed by atoms with Crippen LogP contribution in [0.2, 0.25) is 0 Å². The summed E-state index contributed by atoms with van der Waals surface area (Å²) in [7, 11) is 0. The van der Waals surface area contributed by atoms with Crippen LogP contribution in [0.4, 0.5) is 0 Å². The molecule has 0 radical (unpaired) electrons. The van der Waals surface area contributed by atoms with E-state index >= 15 is 0 Å². The Morgan fingerprint density at radius 3 is 3.13 bits per heavy atom. The van der Waals surface area contributed by atoms with Crippen molar-refractivity contribution < 1.29 is 0 Å². The molecule has 1 aliphatic heterocycles. The number of thioether (sulfide) groups is 1. The van der Waals surface area contributed by atoms with Gasteiger partial charge in [-0.2, -0.15) is 11.8 Å². The average Bonchev–Trinajstić information content (AvgIpc) is 2.30. The maximum Gasteiger partial charge on any atom is 0.0323 e. The lowest BCUT2D eigenvalue weighted by Gasteiger charge is -2.26. The van der Waals surface area contributed by atoms with E-state index in [4.69, 9.17) is 0 Å². The van der Waals surface area contributed by atoms with Gasteiger partial charge in [-0.15, -0.1) is 0 Å². The molecular formula is C13H19NS. The number of nitrogens with one attached hydrogen (secondary N) is 1. The molecule has 82 valence electrons. The maximum atomic E-state index is 3.62. The third-order valence-electron chi connectivity index (χ3n) is 3.06. The van der Waals surface area contributed by atoms with E-state index < -0.39 is 0 Å². The second-order valence-corrected chi connectivity index (χ2v) is 5.08. The van der Waals surface area contributed by atoms with Crippen LogP contribution in [0.5, 0.6) is 0 Å². The molecule has 0 saturated heterocycles. The number of hydrogen-bond donors (Lipinski definition) is 1. The van der Waals surface area contributed by atoms with Crippen molar-refractivity contribution in [2.24, 2.45) is 0 Å². The zero-order chi connectivity index (χ0) is 10.5. The molecule has 0 amide bonds. The molecule has 0 aliphatic carbocycles. The molecule has 1 atom stereocenters. The van der Waals surface area contributed by atoms with E-state index in [-0.39, 0.29) is 0 Å². The Balaban J connectivity index is 2.02. The molecule has 2 rings (SSSR count). The van der Waals surface area contributed by atoms with Gasteiger partial charge < -0.3 is 5.32 Å². The Morgan fingerprint density at radius 2 is 2.27 bits per heavy atom. The van der Waals surface area contributed by atoms with Gasteiger partial charge in [0, 0.05) is 6.04 Å². The fraction of sp³-hybridized carbons (Fsp3) is 0.538. The minimum atomic E-state index is 0.599. The maximum absolute atomic E-state index is 3.62. The predicted molar refractivity (Wildman–Crippen MR) is 68.5 cm³/mol. The second kappa shape index (κ2) is 5.57. The summed E-state index contributed by atoms with van der Waals surface area (Å²) in [4.78, 5) is 0. The normalized spacial score (nSPS) is 19.9. The Bertz CT molecular complexity index is 311. The fourth-order valence-electron chi connectivity index (χ4n) is 2.28. The van der Waals surface area contributed by atoms with Gasteiger partial charge in [-0.3, -0.25) is 0 Å². The minimum absolute atomic E-state index is 0.599. The summed E-state index contributed by atoms with van der Waals surface area (Å²) >= 11 is 1.94. The average molecular weight is 221 g/mol. The van der Waals surface area contributed by atoms with Gasteiger partial charge in [0.05, 0.1) is 0 Å². The van der Waals surface area contributed by atoms with E-state index in [2.05, 4.69) is 35.8 Å². The number of fused-ring (bicyclic) bond motifs is 1. The zero-order valence-electron chi connectivity index (χ0n) is 9.33. The van der Waals surface area contributed by atoms with Gasteiger partial charge in [-0.05, 0) is 48.9 Å². The first-order chi connectivity index (χ1) is 7.42. The van der Waals surface area contributed by atoms with Gasteiger partial charge in [0.2, 0.25) is 0 Å². The minimum Gasteiger partial charge on any atom is -0.310 e. The molecule has 1 aromatic rings. The molecule has 1 aromatic carbocycles. The molecule has 0 bridgehead atoms. The van der Waals surface area contributed by atoms with Gasteiger partial charge in [-0.1, -0.05) is 24.3 Å². The molecule has 15 heavy (non-hydrogen) atoms. The summed E-state index contributed by atoms with van der Waals surface area (Å²) in [6, 6.07) is 9.47. The van der Waals surface area contributed by atoms with Crippen molar-refractivity contribution in [3.63, 3.8) is 0 Å². The standard InChI is InChI=1S/C13H19NS/c1-15-10-4-7-13-12-6-3-2-5-11(12)8-9-14-13/h2-3,5-6,13-14H,4,7-10H2,1H3. The third-order valence-corrected chi connectivity index (χ3v) is 3.75. The van der Waals surface area contributed by atoms with Crippen LogP contribution in [0.15, 0.2) is 24.3 Å². The monoisotopic (exact) mass is 221 g/mol. The quantitative estimate of drug-likeness (QED) is 0.784. The van der Waals surface area contributed by atoms with Crippen molar-refractivity contribution in [2.75, 3.05) is 18.6 Å². The molecule has 2 heteroatoms. The van der Waals surface area contributed by atoms with Gasteiger partial charge in [0.1, 0.15) is 0 Å². The molecule has 0 fully saturated rings. The molecule has 0 aromatic heterocycles. The van der Waals surface area contributed by atoms with Gasteiger partial charge >= 0.3 is 0 Å². The van der Waals surface area contributed by atoms with E-state index in [0.717, 1.165) is 6.54 Å². The van der Waals surface area contributed by atoms with Gasteiger partial charge in [0.15, 0.2) is 0 Å². The highest BCUT2D eigenvalue weighted by Crippen LogP contribution is 2.26. The second-order valence-electron chi connectivity index (χ2n) is 4.09. The van der Waals surface area contributed by atoms with Gasteiger partial charge in [-0.25, -0.2) is 0 Å². The summed E-state index contributed by atoms with van der Waals surface area (Å²) in [5.41, 5.74) is 3.08. The van der Waals surface area contributed by atoms with Crippen molar-refractivity contribution in [2.45, 2.75) is 25.3 Å². The Labute approximate surface area is 96.7 Å². The van der Waals surface area contributed by atoms with Gasteiger partial charge in [0.25, 0.3) is 0 Å². The topological polar surface area (TPSA) is 12.0 Å². The molecule has 1 aliphatic rings. The lowest BCUT2D eigenvalue weighted by molar-refractivity contribution is 0.472. The van der Waals surface area contributed by atoms with Crippen molar-refractivity contribution >= 4 is 11.8 Å². The Kier molecular flexibility index (Phi) is 4.09. The van der Waals surface area contributed by atoms with Crippen LogP contribution in [0, 0.1) is 0 Å². The highest BCUT2D eigenvalue weighted by molar-refractivity contribution is 7.98. The first-order valence-electron chi connectivity index (χ1n) is 5.72. The first kappa shape index (κ1) is 11.0. The molecule has 1 nitrogen and oxygen atoms in total. The van der Waals surface area contributed by atoms with E-state index in [1.54, 1.807) is 5.56 Å². The van der Waals surface area contributed by atoms with Crippen molar-refractivity contribution in [1.29, 1.82) is 0 Å². The largest absolute Gasteiger partial charge is 0.310 e. The summed E-state index contributed by atoms with van der Waals surface area (Å²) in [5.74, 6) is 1.28. The van der Waals surface area contributed by atoms with E-state index in [9.17, 15) is 0 Å². The Hall–Kier alpha value is -0.470. The summed E-state index contributed by atoms with van der Waals surface area (Å²) in [6.07, 6.45) is 5.96. The smallest absolute Gasteiger partial charge is 0.0323 e. The van der Waals surface area contributed by atoms with Crippen LogP contribution in [0.25, 0.3) is 0 Å². The van der Waals surface area contributed by atoms with Crippen molar-refractivity contribution in [3.8, 4) is 0 Å². The van der Waals surface area contributed by atoms with Crippen LogP contribution < -0.4 is 5.32 Å². The highest BCUT2D eigenvalue weighted by Gasteiger charge is 2.17. The number of benzene rings is 1. The summed E-state index contributed by atoms with van der Waals surface area (Å²) < 4.78 is 0. The van der Waals surface area contributed by atoms with Crippen LogP contribution >= 0.6 is 11.8 Å². The van der Waals surface area contributed by atoms with Crippen molar-refractivity contribution in [3.05, 3.63) is 35.4 Å². The number of rotatable bonds is 4. The molecule has 0 saturated carbocycles. The predicted octanol–water partition coefficient (Wildman–Crippen LogP) is 3.02. The molecule has 1 N–H and O–H groups in total. The Morgan fingerprint density at radius 1 is 1.40 bits per heavy atom.